The van der Waals surface area contributed by atoms with Gasteiger partial charge in [0.1, 0.15) is 12.1 Å². The Labute approximate surface area is 136 Å². The van der Waals surface area contributed by atoms with Crippen molar-refractivity contribution in [3.8, 4) is 0 Å². The largest absolute Gasteiger partial charge is 0.460 e. The number of carbonyl (C=O) groups is 2. The lowest BCUT2D eigenvalue weighted by Gasteiger charge is -2.40. The molecule has 23 heavy (non-hydrogen) atoms. The predicted molar refractivity (Wildman–Crippen MR) is 80.7 cm³/mol. The van der Waals surface area contributed by atoms with E-state index >= 15 is 0 Å². The van der Waals surface area contributed by atoms with Gasteiger partial charge < -0.3 is 9.47 Å². The van der Waals surface area contributed by atoms with Crippen LogP contribution in [-0.4, -0.2) is 35.7 Å². The highest BCUT2D eigenvalue weighted by Crippen LogP contribution is 2.65. The minimum absolute atomic E-state index is 0.244. The molecular weight excluding hydrogens is 296 g/mol. The van der Waals surface area contributed by atoms with Crippen molar-refractivity contribution in [2.75, 3.05) is 6.61 Å². The van der Waals surface area contributed by atoms with Crippen LogP contribution < -0.4 is 0 Å². The van der Waals surface area contributed by atoms with Gasteiger partial charge in [0.05, 0.1) is 11.5 Å². The molecule has 3 heterocycles. The standard InChI is InChI=1S/C17H24N2O4/c1-14(2)15(3)8-9-17(14,23-12(15)20)13(21)22-10-16-6-4-11(5-7-16)18-19-16/h11H,4-10H2,1-3H3/t11?,15-,16?,17+/m0/s1. The van der Waals surface area contributed by atoms with Crippen LogP contribution in [0.25, 0.3) is 0 Å². The van der Waals surface area contributed by atoms with Gasteiger partial charge in [0.25, 0.3) is 0 Å². The van der Waals surface area contributed by atoms with Crippen molar-refractivity contribution in [3.05, 3.63) is 0 Å². The first-order valence-corrected chi connectivity index (χ1v) is 8.58. The third-order valence-corrected chi connectivity index (χ3v) is 7.20. The maximum absolute atomic E-state index is 12.9. The normalized spacial score (nSPS) is 46.0. The molecular formula is C17H24N2O4. The molecule has 2 aliphatic carbocycles. The van der Waals surface area contributed by atoms with Gasteiger partial charge in [0, 0.05) is 5.41 Å². The Morgan fingerprint density at radius 3 is 2.39 bits per heavy atom. The fourth-order valence-electron chi connectivity index (χ4n) is 4.75. The SMILES string of the molecule is CC1(C)[C@@]2(C)CC[C@]1(C(=O)OCC13CCC(CC1)N=N3)OC2=O. The maximum atomic E-state index is 12.9. The zero-order valence-corrected chi connectivity index (χ0v) is 14.1. The summed E-state index contributed by atoms with van der Waals surface area (Å²) < 4.78 is 11.2. The number of ether oxygens (including phenoxy) is 2. The fourth-order valence-corrected chi connectivity index (χ4v) is 4.75. The van der Waals surface area contributed by atoms with Gasteiger partial charge in [-0.05, 0) is 45.4 Å². The molecule has 0 aromatic heterocycles. The summed E-state index contributed by atoms with van der Waals surface area (Å²) in [5, 5.41) is 8.68. The Morgan fingerprint density at radius 2 is 1.91 bits per heavy atom. The van der Waals surface area contributed by atoms with Gasteiger partial charge >= 0.3 is 11.9 Å². The summed E-state index contributed by atoms with van der Waals surface area (Å²) in [4.78, 5) is 25.1. The van der Waals surface area contributed by atoms with E-state index in [9.17, 15) is 9.59 Å². The smallest absolute Gasteiger partial charge is 0.351 e. The zero-order chi connectivity index (χ0) is 16.5. The van der Waals surface area contributed by atoms with Crippen LogP contribution in [0.5, 0.6) is 0 Å². The molecule has 0 radical (unpaired) electrons. The van der Waals surface area contributed by atoms with Gasteiger partial charge in [-0.25, -0.2) is 4.79 Å². The van der Waals surface area contributed by atoms with Crippen molar-refractivity contribution in [2.45, 2.75) is 76.5 Å². The van der Waals surface area contributed by atoms with Crippen molar-refractivity contribution in [2.24, 2.45) is 21.1 Å². The Morgan fingerprint density at radius 1 is 1.22 bits per heavy atom. The molecule has 2 atom stereocenters. The van der Waals surface area contributed by atoms with Gasteiger partial charge in [0.15, 0.2) is 0 Å². The highest BCUT2D eigenvalue weighted by atomic mass is 16.6. The van der Waals surface area contributed by atoms with E-state index in [2.05, 4.69) is 10.2 Å². The molecule has 0 amide bonds. The first kappa shape index (κ1) is 15.1. The fraction of sp³-hybridized carbons (Fsp3) is 0.882. The maximum Gasteiger partial charge on any atom is 0.351 e. The summed E-state index contributed by atoms with van der Waals surface area (Å²) in [6, 6.07) is 0.358. The topological polar surface area (TPSA) is 77.3 Å². The lowest BCUT2D eigenvalue weighted by molar-refractivity contribution is -0.184. The molecule has 0 N–H and O–H groups in total. The van der Waals surface area contributed by atoms with E-state index in [4.69, 9.17) is 9.47 Å². The number of azo groups is 1. The molecule has 3 fully saturated rings. The van der Waals surface area contributed by atoms with Crippen LogP contribution in [0.2, 0.25) is 0 Å². The number of fused-ring (bicyclic) bond motifs is 4. The molecule has 0 spiro atoms. The number of carbonyl (C=O) groups excluding carboxylic acids is 2. The average molecular weight is 320 g/mol. The number of esters is 2. The van der Waals surface area contributed by atoms with E-state index < -0.39 is 22.4 Å². The molecule has 0 aromatic rings. The monoisotopic (exact) mass is 320 g/mol. The Hall–Kier alpha value is -1.46. The quantitative estimate of drug-likeness (QED) is 0.749. The lowest BCUT2D eigenvalue weighted by Crippen LogP contribution is -2.51. The van der Waals surface area contributed by atoms with Crippen LogP contribution in [0.3, 0.4) is 0 Å². The van der Waals surface area contributed by atoms with Gasteiger partial charge in [0.2, 0.25) is 5.60 Å². The minimum Gasteiger partial charge on any atom is -0.460 e. The van der Waals surface area contributed by atoms with Gasteiger partial charge in [-0.3, -0.25) is 4.79 Å². The van der Waals surface area contributed by atoms with Crippen LogP contribution in [-0.2, 0) is 19.1 Å². The molecule has 126 valence electrons. The summed E-state index contributed by atoms with van der Waals surface area (Å²) in [7, 11) is 0. The van der Waals surface area contributed by atoms with E-state index in [1.165, 1.54) is 0 Å². The molecule has 6 nitrogen and oxygen atoms in total. The molecule has 1 saturated heterocycles. The molecule has 6 heteroatoms. The summed E-state index contributed by atoms with van der Waals surface area (Å²) >= 11 is 0. The number of rotatable bonds is 3. The summed E-state index contributed by atoms with van der Waals surface area (Å²) in [6.07, 6.45) is 5.08. The van der Waals surface area contributed by atoms with Crippen molar-refractivity contribution in [1.82, 2.24) is 0 Å². The first-order chi connectivity index (χ1) is 10.7. The highest BCUT2D eigenvalue weighted by molar-refractivity contribution is 5.93. The van der Waals surface area contributed by atoms with Crippen LogP contribution in [0, 0.1) is 10.8 Å². The number of nitrogens with zero attached hydrogens (tertiary/aromatic N) is 2. The second-order valence-electron chi connectivity index (χ2n) is 8.42. The minimum atomic E-state index is -1.14. The van der Waals surface area contributed by atoms with Crippen molar-refractivity contribution in [3.63, 3.8) is 0 Å². The van der Waals surface area contributed by atoms with Crippen molar-refractivity contribution < 1.29 is 19.1 Å². The second kappa shape index (κ2) is 4.33. The number of hydrogen-bond donors (Lipinski definition) is 0. The molecule has 0 aromatic carbocycles. The van der Waals surface area contributed by atoms with Gasteiger partial charge in [-0.2, -0.15) is 10.2 Å². The third-order valence-electron chi connectivity index (χ3n) is 7.20. The molecule has 0 unspecified atom stereocenters. The second-order valence-corrected chi connectivity index (χ2v) is 8.42. The van der Waals surface area contributed by atoms with E-state index in [1.807, 2.05) is 20.8 Å². The molecule has 5 aliphatic rings. The molecule has 2 saturated carbocycles. The van der Waals surface area contributed by atoms with E-state index in [0.29, 0.717) is 18.9 Å². The molecule has 4 bridgehead atoms. The third kappa shape index (κ3) is 1.69. The molecule has 3 aliphatic heterocycles. The van der Waals surface area contributed by atoms with E-state index in [1.54, 1.807) is 0 Å². The Bertz CT molecular complexity index is 606. The van der Waals surface area contributed by atoms with Crippen molar-refractivity contribution >= 4 is 11.9 Å². The summed E-state index contributed by atoms with van der Waals surface area (Å²) in [5.41, 5.74) is -2.65. The first-order valence-electron chi connectivity index (χ1n) is 8.58. The van der Waals surface area contributed by atoms with Crippen LogP contribution in [0.4, 0.5) is 0 Å². The average Bonchev–Trinajstić information content (AvgIpc) is 2.85. The van der Waals surface area contributed by atoms with Gasteiger partial charge in [-0.15, -0.1) is 0 Å². The zero-order valence-electron chi connectivity index (χ0n) is 14.1. The Kier molecular flexibility index (Phi) is 2.84. The Balaban J connectivity index is 1.53. The van der Waals surface area contributed by atoms with Gasteiger partial charge in [-0.1, -0.05) is 13.8 Å². The van der Waals surface area contributed by atoms with E-state index in [0.717, 1.165) is 25.7 Å². The van der Waals surface area contributed by atoms with Crippen LogP contribution >= 0.6 is 0 Å². The predicted octanol–water partition coefficient (Wildman–Crippen LogP) is 2.80. The van der Waals surface area contributed by atoms with Crippen molar-refractivity contribution in [1.29, 1.82) is 0 Å². The summed E-state index contributed by atoms with van der Waals surface area (Å²) in [6.45, 7) is 6.02. The highest BCUT2D eigenvalue weighted by Gasteiger charge is 2.76. The number of hydrogen-bond acceptors (Lipinski definition) is 6. The van der Waals surface area contributed by atoms with Crippen LogP contribution in [0.1, 0.15) is 59.3 Å². The van der Waals surface area contributed by atoms with E-state index in [-0.39, 0.29) is 18.1 Å². The lowest BCUT2D eigenvalue weighted by atomic mass is 9.66. The van der Waals surface area contributed by atoms with Crippen LogP contribution in [0.15, 0.2) is 10.2 Å². The summed E-state index contributed by atoms with van der Waals surface area (Å²) in [5.74, 6) is -0.684. The molecule has 5 rings (SSSR count).